The van der Waals surface area contributed by atoms with Crippen molar-refractivity contribution in [1.29, 1.82) is 0 Å². The number of nitrogens with zero attached hydrogens (tertiary/aromatic N) is 2. The number of fused-ring (bicyclic) bond motifs is 1. The van der Waals surface area contributed by atoms with Crippen LogP contribution in [0.4, 0.5) is 0 Å². The third-order valence-electron chi connectivity index (χ3n) is 3.21. The predicted molar refractivity (Wildman–Crippen MR) is 90.9 cm³/mol. The molecule has 2 aromatic rings. The van der Waals surface area contributed by atoms with E-state index in [-0.39, 0.29) is 29.7 Å². The van der Waals surface area contributed by atoms with E-state index in [0.29, 0.717) is 13.1 Å². The van der Waals surface area contributed by atoms with Crippen molar-refractivity contribution in [3.8, 4) is 0 Å². The molecule has 0 saturated heterocycles. The SMILES string of the molecule is I.O=c1[nH]c2ccccc2n1CCNC1=NCCCN1. The largest absolute Gasteiger partial charge is 0.356 e. The van der Waals surface area contributed by atoms with Crippen molar-refractivity contribution >= 4 is 41.0 Å². The van der Waals surface area contributed by atoms with E-state index in [1.807, 2.05) is 24.3 Å². The summed E-state index contributed by atoms with van der Waals surface area (Å²) in [7, 11) is 0. The Hall–Kier alpha value is -1.51. The third kappa shape index (κ3) is 3.14. The van der Waals surface area contributed by atoms with Crippen molar-refractivity contribution < 1.29 is 0 Å². The number of halogens is 1. The normalized spacial score (nSPS) is 14.3. The number of imidazole rings is 1. The fourth-order valence-corrected chi connectivity index (χ4v) is 2.27. The van der Waals surface area contributed by atoms with E-state index in [4.69, 9.17) is 0 Å². The van der Waals surface area contributed by atoms with Crippen molar-refractivity contribution in [2.24, 2.45) is 4.99 Å². The average Bonchev–Trinajstić information content (AvgIpc) is 2.76. The Morgan fingerprint density at radius 1 is 1.35 bits per heavy atom. The van der Waals surface area contributed by atoms with Gasteiger partial charge in [-0.1, -0.05) is 12.1 Å². The van der Waals surface area contributed by atoms with E-state index in [1.165, 1.54) is 0 Å². The number of hydrogen-bond donors (Lipinski definition) is 3. The van der Waals surface area contributed by atoms with Crippen LogP contribution in [0.15, 0.2) is 34.1 Å². The summed E-state index contributed by atoms with van der Waals surface area (Å²) < 4.78 is 1.74. The van der Waals surface area contributed by atoms with E-state index < -0.39 is 0 Å². The summed E-state index contributed by atoms with van der Waals surface area (Å²) in [6.07, 6.45) is 1.08. The van der Waals surface area contributed by atoms with Gasteiger partial charge in [0.15, 0.2) is 5.96 Å². The van der Waals surface area contributed by atoms with E-state index in [1.54, 1.807) is 4.57 Å². The van der Waals surface area contributed by atoms with Crippen LogP contribution in [0.5, 0.6) is 0 Å². The molecule has 1 aliphatic rings. The molecule has 0 atom stereocenters. The first-order valence-electron chi connectivity index (χ1n) is 6.54. The minimum absolute atomic E-state index is 0. The monoisotopic (exact) mass is 387 g/mol. The molecule has 0 amide bonds. The Morgan fingerprint density at radius 2 is 2.20 bits per heavy atom. The zero-order valence-corrected chi connectivity index (χ0v) is 13.4. The fraction of sp³-hybridized carbons (Fsp3) is 0.385. The van der Waals surface area contributed by atoms with Gasteiger partial charge in [-0.3, -0.25) is 9.56 Å². The zero-order valence-electron chi connectivity index (χ0n) is 11.1. The third-order valence-corrected chi connectivity index (χ3v) is 3.21. The highest BCUT2D eigenvalue weighted by molar-refractivity contribution is 14.0. The predicted octanol–water partition coefficient (Wildman–Crippen LogP) is 0.886. The van der Waals surface area contributed by atoms with Crippen LogP contribution >= 0.6 is 24.0 Å². The summed E-state index contributed by atoms with van der Waals surface area (Å²) in [5, 5.41) is 6.41. The van der Waals surface area contributed by atoms with E-state index in [2.05, 4.69) is 20.6 Å². The molecule has 20 heavy (non-hydrogen) atoms. The van der Waals surface area contributed by atoms with Gasteiger partial charge in [-0.2, -0.15) is 0 Å². The Morgan fingerprint density at radius 3 is 3.00 bits per heavy atom. The summed E-state index contributed by atoms with van der Waals surface area (Å²) >= 11 is 0. The highest BCUT2D eigenvalue weighted by Gasteiger charge is 2.06. The van der Waals surface area contributed by atoms with Crippen LogP contribution in [0.2, 0.25) is 0 Å². The number of para-hydroxylation sites is 2. The molecule has 1 aliphatic heterocycles. The molecular formula is C13H18IN5O. The van der Waals surface area contributed by atoms with Crippen LogP contribution in [-0.4, -0.2) is 35.1 Å². The van der Waals surface area contributed by atoms with Crippen molar-refractivity contribution in [3.05, 3.63) is 34.7 Å². The lowest BCUT2D eigenvalue weighted by molar-refractivity contribution is 0.642. The maximum Gasteiger partial charge on any atom is 0.326 e. The van der Waals surface area contributed by atoms with Gasteiger partial charge in [0, 0.05) is 26.2 Å². The molecule has 6 nitrogen and oxygen atoms in total. The topological polar surface area (TPSA) is 74.2 Å². The summed E-state index contributed by atoms with van der Waals surface area (Å²) in [6.45, 7) is 3.11. The standard InChI is InChI=1S/C13H17N5O.HI/c19-13-17-10-4-1-2-5-11(10)18(13)9-8-16-12-14-6-3-7-15-12;/h1-2,4-5H,3,6-9H2,(H,17,19)(H2,14,15,16);1H. The van der Waals surface area contributed by atoms with Gasteiger partial charge < -0.3 is 15.6 Å². The first kappa shape index (κ1) is 14.9. The second-order valence-electron chi connectivity index (χ2n) is 4.54. The van der Waals surface area contributed by atoms with Gasteiger partial charge in [0.25, 0.3) is 0 Å². The number of rotatable bonds is 3. The molecule has 3 rings (SSSR count). The van der Waals surface area contributed by atoms with Crippen LogP contribution in [0.3, 0.4) is 0 Å². The number of hydrogen-bond acceptors (Lipinski definition) is 4. The van der Waals surface area contributed by atoms with Crippen molar-refractivity contribution in [1.82, 2.24) is 20.2 Å². The average molecular weight is 387 g/mol. The highest BCUT2D eigenvalue weighted by Crippen LogP contribution is 2.08. The maximum atomic E-state index is 11.9. The Kier molecular flexibility index (Phi) is 5.05. The van der Waals surface area contributed by atoms with E-state index in [0.717, 1.165) is 36.5 Å². The van der Waals surface area contributed by atoms with Gasteiger partial charge >= 0.3 is 5.69 Å². The zero-order chi connectivity index (χ0) is 13.1. The summed E-state index contributed by atoms with van der Waals surface area (Å²) in [5.74, 6) is 0.833. The number of guanidine groups is 1. The molecule has 0 unspecified atom stereocenters. The van der Waals surface area contributed by atoms with E-state index >= 15 is 0 Å². The van der Waals surface area contributed by atoms with Gasteiger partial charge in [0.2, 0.25) is 0 Å². The van der Waals surface area contributed by atoms with Gasteiger partial charge in [-0.15, -0.1) is 24.0 Å². The molecule has 0 radical (unpaired) electrons. The second-order valence-corrected chi connectivity index (χ2v) is 4.54. The molecule has 108 valence electrons. The molecule has 7 heteroatoms. The van der Waals surface area contributed by atoms with Crippen LogP contribution in [0.25, 0.3) is 11.0 Å². The molecule has 2 heterocycles. The van der Waals surface area contributed by atoms with Crippen LogP contribution < -0.4 is 16.3 Å². The number of aromatic amines is 1. The summed E-state index contributed by atoms with van der Waals surface area (Å²) in [5.41, 5.74) is 1.75. The number of aliphatic imine (C=N–C) groups is 1. The summed E-state index contributed by atoms with van der Waals surface area (Å²) in [4.78, 5) is 19.0. The number of H-pyrrole nitrogens is 1. The van der Waals surface area contributed by atoms with Gasteiger partial charge in [-0.25, -0.2) is 4.79 Å². The molecule has 0 spiro atoms. The Balaban J connectivity index is 0.00000147. The minimum Gasteiger partial charge on any atom is -0.356 e. The molecule has 0 saturated carbocycles. The van der Waals surface area contributed by atoms with Crippen LogP contribution in [0.1, 0.15) is 6.42 Å². The van der Waals surface area contributed by atoms with Crippen molar-refractivity contribution in [2.45, 2.75) is 13.0 Å². The fourth-order valence-electron chi connectivity index (χ4n) is 2.27. The van der Waals surface area contributed by atoms with Crippen LogP contribution in [0, 0.1) is 0 Å². The quantitative estimate of drug-likeness (QED) is 0.685. The lowest BCUT2D eigenvalue weighted by atomic mass is 10.3. The summed E-state index contributed by atoms with van der Waals surface area (Å²) in [6, 6.07) is 7.71. The van der Waals surface area contributed by atoms with Crippen molar-refractivity contribution in [3.63, 3.8) is 0 Å². The molecule has 1 aromatic heterocycles. The lowest BCUT2D eigenvalue weighted by Gasteiger charge is -2.16. The molecule has 3 N–H and O–H groups in total. The first-order valence-corrected chi connectivity index (χ1v) is 6.54. The molecular weight excluding hydrogens is 369 g/mol. The van der Waals surface area contributed by atoms with Crippen LogP contribution in [-0.2, 0) is 6.54 Å². The first-order chi connectivity index (χ1) is 9.34. The van der Waals surface area contributed by atoms with Gasteiger partial charge in [0.1, 0.15) is 0 Å². The number of benzene rings is 1. The molecule has 0 fully saturated rings. The van der Waals surface area contributed by atoms with Crippen molar-refractivity contribution in [2.75, 3.05) is 19.6 Å². The number of nitrogens with one attached hydrogen (secondary N) is 3. The van der Waals surface area contributed by atoms with Gasteiger partial charge in [-0.05, 0) is 18.6 Å². The molecule has 0 aliphatic carbocycles. The highest BCUT2D eigenvalue weighted by atomic mass is 127. The molecule has 1 aromatic carbocycles. The number of aromatic nitrogens is 2. The Labute approximate surface area is 133 Å². The maximum absolute atomic E-state index is 11.9. The van der Waals surface area contributed by atoms with Gasteiger partial charge in [0.05, 0.1) is 11.0 Å². The smallest absolute Gasteiger partial charge is 0.326 e. The molecule has 0 bridgehead atoms. The minimum atomic E-state index is -0.0680. The Bertz CT molecular complexity index is 660. The van der Waals surface area contributed by atoms with E-state index in [9.17, 15) is 4.79 Å². The lowest BCUT2D eigenvalue weighted by Crippen LogP contribution is -2.42. The second kappa shape index (κ2) is 6.78.